The summed E-state index contributed by atoms with van der Waals surface area (Å²) in [5.41, 5.74) is 1.98. The van der Waals surface area contributed by atoms with Gasteiger partial charge in [0.05, 0.1) is 26.7 Å². The van der Waals surface area contributed by atoms with Crippen LogP contribution in [0.2, 0.25) is 5.02 Å². The molecule has 192 valence electrons. The number of aromatic nitrogens is 2. The van der Waals surface area contributed by atoms with E-state index in [0.717, 1.165) is 41.5 Å². The molecule has 1 N–H and O–H groups in total. The summed E-state index contributed by atoms with van der Waals surface area (Å²) in [6, 6.07) is 13.4. The smallest absolute Gasteiger partial charge is 0.241 e. The van der Waals surface area contributed by atoms with Crippen molar-refractivity contribution in [3.63, 3.8) is 0 Å². The number of nitrogens with one attached hydrogen (secondary N) is 1. The number of hydrogen-bond acceptors (Lipinski definition) is 8. The molecule has 10 heteroatoms. The van der Waals surface area contributed by atoms with Crippen LogP contribution in [0.5, 0.6) is 11.5 Å². The van der Waals surface area contributed by atoms with Gasteiger partial charge in [-0.05, 0) is 55.3 Å². The first-order valence-corrected chi connectivity index (χ1v) is 13.5. The van der Waals surface area contributed by atoms with Gasteiger partial charge in [-0.15, -0.1) is 0 Å². The van der Waals surface area contributed by atoms with Crippen LogP contribution in [0.3, 0.4) is 0 Å². The molecule has 1 fully saturated rings. The fourth-order valence-corrected chi connectivity index (χ4v) is 5.24. The molecule has 1 atom stereocenters. The van der Waals surface area contributed by atoms with Gasteiger partial charge in [-0.25, -0.2) is 0 Å². The molecular formula is C26H31ClN4O4S. The first-order valence-electron chi connectivity index (χ1n) is 11.9. The molecule has 1 unspecified atom stereocenters. The molecule has 1 aliphatic heterocycles. The highest BCUT2D eigenvalue weighted by Crippen LogP contribution is 2.31. The zero-order chi connectivity index (χ0) is 25.3. The zero-order valence-electron chi connectivity index (χ0n) is 20.5. The number of carbonyl (C=O) groups excluding carboxylic acids is 1. The highest BCUT2D eigenvalue weighted by molar-refractivity contribution is 7.98. The third-order valence-corrected chi connectivity index (χ3v) is 7.31. The Balaban J connectivity index is 1.23. The number of likely N-dealkylation sites (tertiary alicyclic amines) is 1. The van der Waals surface area contributed by atoms with Gasteiger partial charge in [0.15, 0.2) is 11.5 Å². The van der Waals surface area contributed by atoms with E-state index < -0.39 is 0 Å². The zero-order valence-corrected chi connectivity index (χ0v) is 22.1. The largest absolute Gasteiger partial charge is 0.493 e. The Morgan fingerprint density at radius 1 is 1.22 bits per heavy atom. The second-order valence-corrected chi connectivity index (χ2v) is 10.2. The summed E-state index contributed by atoms with van der Waals surface area (Å²) in [5.74, 6) is 4.07. The third kappa shape index (κ3) is 7.15. The predicted molar refractivity (Wildman–Crippen MR) is 141 cm³/mol. The minimum Gasteiger partial charge on any atom is -0.493 e. The fraction of sp³-hybridized carbons (Fsp3) is 0.423. The third-order valence-electron chi connectivity index (χ3n) is 6.05. The van der Waals surface area contributed by atoms with Crippen LogP contribution < -0.4 is 14.8 Å². The average molecular weight is 531 g/mol. The van der Waals surface area contributed by atoms with Gasteiger partial charge in [-0.1, -0.05) is 28.9 Å². The summed E-state index contributed by atoms with van der Waals surface area (Å²) in [4.78, 5) is 19.5. The topological polar surface area (TPSA) is 89.7 Å². The number of piperidine rings is 1. The van der Waals surface area contributed by atoms with Crippen LogP contribution in [0, 0.1) is 5.92 Å². The number of thioether (sulfide) groups is 1. The van der Waals surface area contributed by atoms with Crippen LogP contribution in [0.25, 0.3) is 11.4 Å². The van der Waals surface area contributed by atoms with Gasteiger partial charge in [-0.3, -0.25) is 9.69 Å². The Hall–Kier alpha value is -2.75. The number of rotatable bonds is 11. The van der Waals surface area contributed by atoms with Gasteiger partial charge in [0.25, 0.3) is 0 Å². The summed E-state index contributed by atoms with van der Waals surface area (Å²) < 4.78 is 16.1. The average Bonchev–Trinajstić information content (AvgIpc) is 3.36. The molecule has 0 radical (unpaired) electrons. The molecule has 1 amide bonds. The number of benzene rings is 2. The van der Waals surface area contributed by atoms with E-state index in [-0.39, 0.29) is 11.8 Å². The van der Waals surface area contributed by atoms with Gasteiger partial charge >= 0.3 is 0 Å². The summed E-state index contributed by atoms with van der Waals surface area (Å²) in [6.45, 7) is 2.74. The number of amides is 1. The molecular weight excluding hydrogens is 500 g/mol. The van der Waals surface area contributed by atoms with E-state index in [9.17, 15) is 4.79 Å². The van der Waals surface area contributed by atoms with Gasteiger partial charge < -0.3 is 19.3 Å². The van der Waals surface area contributed by atoms with Crippen LogP contribution in [0.1, 0.15) is 24.3 Å². The maximum atomic E-state index is 12.7. The lowest BCUT2D eigenvalue weighted by molar-refractivity contribution is -0.126. The standard InChI is InChI=1S/C26H31ClN4O4S/c1-33-22-9-8-19(14-23(22)34-2)25-29-24(35-30-25)16-31-11-4-6-20(15-31)26(32)28-10-12-36-17-18-5-3-7-21(27)13-18/h3,5,7-9,13-14,20H,4,6,10-12,15-17H2,1-2H3,(H,28,32). The van der Waals surface area contributed by atoms with Gasteiger partial charge in [0.2, 0.25) is 17.6 Å². The Bertz CT molecular complexity index is 1160. The lowest BCUT2D eigenvalue weighted by Gasteiger charge is -2.30. The van der Waals surface area contributed by atoms with Crippen LogP contribution in [0.15, 0.2) is 47.0 Å². The lowest BCUT2D eigenvalue weighted by Crippen LogP contribution is -2.43. The Labute approximate surface area is 220 Å². The molecule has 0 aliphatic carbocycles. The highest BCUT2D eigenvalue weighted by Gasteiger charge is 2.26. The molecule has 1 saturated heterocycles. The quantitative estimate of drug-likeness (QED) is 0.358. The summed E-state index contributed by atoms with van der Waals surface area (Å²) in [7, 11) is 3.18. The van der Waals surface area contributed by atoms with Gasteiger partial charge in [0.1, 0.15) is 0 Å². The van der Waals surface area contributed by atoms with Crippen LogP contribution in [0.4, 0.5) is 0 Å². The van der Waals surface area contributed by atoms with Crippen molar-refractivity contribution in [2.24, 2.45) is 5.92 Å². The number of nitrogens with zero attached hydrogens (tertiary/aromatic N) is 3. The van der Waals surface area contributed by atoms with E-state index in [2.05, 4.69) is 26.4 Å². The van der Waals surface area contributed by atoms with Crippen LogP contribution in [-0.4, -0.2) is 60.6 Å². The van der Waals surface area contributed by atoms with Crippen molar-refractivity contribution in [1.29, 1.82) is 0 Å². The van der Waals surface area contributed by atoms with Crippen molar-refractivity contribution in [2.75, 3.05) is 39.6 Å². The minimum atomic E-state index is -0.0371. The first-order chi connectivity index (χ1) is 17.6. The number of carbonyl (C=O) groups is 1. The van der Waals surface area contributed by atoms with E-state index in [1.54, 1.807) is 26.0 Å². The fourth-order valence-electron chi connectivity index (χ4n) is 4.22. The lowest BCUT2D eigenvalue weighted by atomic mass is 9.97. The Morgan fingerprint density at radius 2 is 2.08 bits per heavy atom. The second-order valence-electron chi connectivity index (χ2n) is 8.63. The van der Waals surface area contributed by atoms with E-state index in [1.807, 2.05) is 36.4 Å². The summed E-state index contributed by atoms with van der Waals surface area (Å²) >= 11 is 7.82. The van der Waals surface area contributed by atoms with Crippen LogP contribution >= 0.6 is 23.4 Å². The molecule has 3 aromatic rings. The predicted octanol–water partition coefficient (Wildman–Crippen LogP) is 4.67. The maximum Gasteiger partial charge on any atom is 0.241 e. The number of ether oxygens (including phenoxy) is 2. The second kappa shape index (κ2) is 13.0. The van der Waals surface area contributed by atoms with Crippen molar-refractivity contribution in [3.05, 3.63) is 58.9 Å². The van der Waals surface area contributed by atoms with E-state index >= 15 is 0 Å². The Kier molecular flexibility index (Phi) is 9.49. The highest BCUT2D eigenvalue weighted by atomic mass is 35.5. The van der Waals surface area contributed by atoms with Gasteiger partial charge in [0, 0.05) is 35.2 Å². The summed E-state index contributed by atoms with van der Waals surface area (Å²) in [5, 5.41) is 7.97. The molecule has 8 nitrogen and oxygen atoms in total. The molecule has 1 aliphatic rings. The normalized spacial score (nSPS) is 16.0. The number of hydrogen-bond donors (Lipinski definition) is 1. The minimum absolute atomic E-state index is 0.0371. The molecule has 1 aromatic heterocycles. The van der Waals surface area contributed by atoms with E-state index in [4.69, 9.17) is 25.6 Å². The van der Waals surface area contributed by atoms with Crippen molar-refractivity contribution in [1.82, 2.24) is 20.4 Å². The van der Waals surface area contributed by atoms with Gasteiger partial charge in [-0.2, -0.15) is 16.7 Å². The first kappa shape index (κ1) is 26.3. The Morgan fingerprint density at radius 3 is 2.89 bits per heavy atom. The molecule has 0 spiro atoms. The van der Waals surface area contributed by atoms with E-state index in [1.165, 1.54) is 5.56 Å². The van der Waals surface area contributed by atoms with Crippen molar-refractivity contribution in [3.8, 4) is 22.9 Å². The molecule has 0 saturated carbocycles. The van der Waals surface area contributed by atoms with E-state index in [0.29, 0.717) is 42.8 Å². The van der Waals surface area contributed by atoms with Crippen molar-refractivity contribution < 1.29 is 18.8 Å². The molecule has 36 heavy (non-hydrogen) atoms. The monoisotopic (exact) mass is 530 g/mol. The van der Waals surface area contributed by atoms with Crippen molar-refractivity contribution in [2.45, 2.75) is 25.1 Å². The molecule has 0 bridgehead atoms. The molecule has 2 heterocycles. The molecule has 4 rings (SSSR count). The van der Waals surface area contributed by atoms with Crippen molar-refractivity contribution >= 4 is 29.3 Å². The number of halogens is 1. The number of methoxy groups -OCH3 is 2. The SMILES string of the molecule is COc1ccc(-c2noc(CN3CCCC(C(=O)NCCSCc4cccc(Cl)c4)C3)n2)cc1OC. The molecule has 2 aromatic carbocycles. The van der Waals surface area contributed by atoms with Crippen LogP contribution in [-0.2, 0) is 17.1 Å². The maximum absolute atomic E-state index is 12.7. The summed E-state index contributed by atoms with van der Waals surface area (Å²) in [6.07, 6.45) is 1.84.